The maximum Gasteiger partial charge on any atom is 0.225 e. The fourth-order valence-electron chi connectivity index (χ4n) is 1.64. The van der Waals surface area contributed by atoms with E-state index in [-0.39, 0.29) is 5.91 Å². The molecule has 1 amide bonds. The predicted molar refractivity (Wildman–Crippen MR) is 71.7 cm³/mol. The van der Waals surface area contributed by atoms with Crippen LogP contribution < -0.4 is 5.32 Å². The van der Waals surface area contributed by atoms with Crippen molar-refractivity contribution >= 4 is 23.3 Å². The third-order valence-corrected chi connectivity index (χ3v) is 2.92. The monoisotopic (exact) mass is 263 g/mol. The second-order valence-electron chi connectivity index (χ2n) is 4.08. The number of nitrogens with zero attached hydrogens (tertiary/aromatic N) is 1. The summed E-state index contributed by atoms with van der Waals surface area (Å²) >= 11 is 6.02. The van der Waals surface area contributed by atoms with Crippen LogP contribution in [0.1, 0.15) is 17.7 Å². The molecule has 2 rings (SSSR count). The second kappa shape index (κ2) is 5.69. The van der Waals surface area contributed by atoms with Crippen molar-refractivity contribution in [3.8, 4) is 0 Å². The van der Waals surface area contributed by atoms with E-state index >= 15 is 0 Å². The Labute approximate surface area is 110 Å². The topological polar surface area (TPSA) is 57.8 Å². The summed E-state index contributed by atoms with van der Waals surface area (Å²) in [5.41, 5.74) is 1.89. The van der Waals surface area contributed by atoms with E-state index in [4.69, 9.17) is 11.6 Å². The highest BCUT2D eigenvalue weighted by atomic mass is 35.5. The van der Waals surface area contributed by atoms with Crippen molar-refractivity contribution in [2.24, 2.45) is 0 Å². The number of H-pyrrole nitrogens is 1. The Morgan fingerprint density at radius 1 is 1.44 bits per heavy atom. The van der Waals surface area contributed by atoms with Crippen LogP contribution in [-0.2, 0) is 11.2 Å². The largest absolute Gasteiger partial charge is 0.309 e. The quantitative estimate of drug-likeness (QED) is 0.891. The maximum absolute atomic E-state index is 11.7. The van der Waals surface area contributed by atoms with Gasteiger partial charge in [-0.2, -0.15) is 5.10 Å². The van der Waals surface area contributed by atoms with Gasteiger partial charge in [-0.25, -0.2) is 0 Å². The molecule has 0 aliphatic rings. The molecule has 0 radical (unpaired) electrons. The number of rotatable bonds is 4. The van der Waals surface area contributed by atoms with Crippen molar-refractivity contribution in [3.05, 3.63) is 46.6 Å². The van der Waals surface area contributed by atoms with E-state index in [0.717, 1.165) is 11.3 Å². The number of hydrogen-bond donors (Lipinski definition) is 2. The lowest BCUT2D eigenvalue weighted by Gasteiger charge is -2.04. The van der Waals surface area contributed by atoms with E-state index in [9.17, 15) is 4.79 Å². The van der Waals surface area contributed by atoms with Crippen molar-refractivity contribution in [3.63, 3.8) is 0 Å². The van der Waals surface area contributed by atoms with E-state index in [1.165, 1.54) is 0 Å². The Hall–Kier alpha value is -1.81. The van der Waals surface area contributed by atoms with Crippen molar-refractivity contribution in [2.45, 2.75) is 19.8 Å². The normalized spacial score (nSPS) is 10.3. The fourth-order valence-corrected chi connectivity index (χ4v) is 1.87. The first kappa shape index (κ1) is 12.6. The molecule has 1 heterocycles. The van der Waals surface area contributed by atoms with Crippen molar-refractivity contribution in [1.29, 1.82) is 0 Å². The maximum atomic E-state index is 11.7. The standard InChI is InChI=1S/C13H14ClN3O/c1-9-8-12(17-16-9)15-13(18)7-6-10-4-2-3-5-11(10)14/h2-5,8H,6-7H2,1H3,(H2,15,16,17,18). The van der Waals surface area contributed by atoms with Crippen LogP contribution in [0.2, 0.25) is 5.02 Å². The number of benzene rings is 1. The summed E-state index contributed by atoms with van der Waals surface area (Å²) in [6.07, 6.45) is 1.00. The first-order valence-electron chi connectivity index (χ1n) is 5.70. The number of aromatic amines is 1. The Balaban J connectivity index is 1.87. The average Bonchev–Trinajstić information content (AvgIpc) is 2.74. The molecule has 2 N–H and O–H groups in total. The highest BCUT2D eigenvalue weighted by molar-refractivity contribution is 6.31. The van der Waals surface area contributed by atoms with Gasteiger partial charge in [0.15, 0.2) is 5.82 Å². The lowest BCUT2D eigenvalue weighted by atomic mass is 10.1. The van der Waals surface area contributed by atoms with Gasteiger partial charge in [0.05, 0.1) is 0 Å². The first-order valence-corrected chi connectivity index (χ1v) is 6.08. The minimum Gasteiger partial charge on any atom is -0.309 e. The number of carbonyl (C=O) groups excluding carboxylic acids is 1. The Bertz CT molecular complexity index is 551. The highest BCUT2D eigenvalue weighted by Gasteiger charge is 2.06. The van der Waals surface area contributed by atoms with Crippen LogP contribution in [0.5, 0.6) is 0 Å². The fraction of sp³-hybridized carbons (Fsp3) is 0.231. The molecule has 1 aromatic carbocycles. The molecule has 0 spiro atoms. The van der Waals surface area contributed by atoms with Gasteiger partial charge in [-0.1, -0.05) is 29.8 Å². The van der Waals surface area contributed by atoms with Gasteiger partial charge in [0.25, 0.3) is 0 Å². The van der Waals surface area contributed by atoms with Gasteiger partial charge in [-0.05, 0) is 25.0 Å². The molecule has 2 aromatic rings. The molecule has 0 bridgehead atoms. The summed E-state index contributed by atoms with van der Waals surface area (Å²) < 4.78 is 0. The molecule has 0 saturated carbocycles. The first-order chi connectivity index (χ1) is 8.65. The summed E-state index contributed by atoms with van der Waals surface area (Å²) in [6.45, 7) is 1.88. The lowest BCUT2D eigenvalue weighted by Crippen LogP contribution is -2.12. The Morgan fingerprint density at radius 2 is 2.22 bits per heavy atom. The number of hydrogen-bond acceptors (Lipinski definition) is 2. The van der Waals surface area contributed by atoms with Gasteiger partial charge >= 0.3 is 0 Å². The molecular weight excluding hydrogens is 250 g/mol. The minimum atomic E-state index is -0.0681. The zero-order chi connectivity index (χ0) is 13.0. The van der Waals surface area contributed by atoms with E-state index in [0.29, 0.717) is 23.7 Å². The SMILES string of the molecule is Cc1cc(NC(=O)CCc2ccccc2Cl)n[nH]1. The number of halogens is 1. The van der Waals surface area contributed by atoms with Gasteiger partial charge in [-0.15, -0.1) is 0 Å². The van der Waals surface area contributed by atoms with Crippen molar-refractivity contribution in [1.82, 2.24) is 10.2 Å². The van der Waals surface area contributed by atoms with E-state index in [1.807, 2.05) is 31.2 Å². The number of nitrogens with one attached hydrogen (secondary N) is 2. The van der Waals surface area contributed by atoms with Gasteiger partial charge in [0, 0.05) is 23.2 Å². The molecule has 0 saturated heterocycles. The third-order valence-electron chi connectivity index (χ3n) is 2.55. The molecule has 0 unspecified atom stereocenters. The molecule has 0 aliphatic heterocycles. The third kappa shape index (κ3) is 3.34. The molecule has 0 aliphatic carbocycles. The van der Waals surface area contributed by atoms with Gasteiger partial charge in [0.1, 0.15) is 0 Å². The number of aromatic nitrogens is 2. The van der Waals surface area contributed by atoms with E-state index in [2.05, 4.69) is 15.5 Å². The number of anilines is 1. The predicted octanol–water partition coefficient (Wildman–Crippen LogP) is 2.94. The molecular formula is C13H14ClN3O. The van der Waals surface area contributed by atoms with E-state index in [1.54, 1.807) is 6.07 Å². The smallest absolute Gasteiger partial charge is 0.225 e. The molecule has 4 nitrogen and oxygen atoms in total. The van der Waals surface area contributed by atoms with Crippen LogP contribution in [0.4, 0.5) is 5.82 Å². The van der Waals surface area contributed by atoms with Crippen LogP contribution >= 0.6 is 11.6 Å². The summed E-state index contributed by atoms with van der Waals surface area (Å²) in [4.78, 5) is 11.7. The molecule has 1 aromatic heterocycles. The van der Waals surface area contributed by atoms with Crippen LogP contribution in [0.3, 0.4) is 0 Å². The van der Waals surface area contributed by atoms with Crippen molar-refractivity contribution < 1.29 is 4.79 Å². The van der Waals surface area contributed by atoms with Gasteiger partial charge < -0.3 is 5.32 Å². The number of amides is 1. The molecule has 0 atom stereocenters. The zero-order valence-corrected chi connectivity index (χ0v) is 10.8. The average molecular weight is 264 g/mol. The van der Waals surface area contributed by atoms with Crippen LogP contribution in [0.25, 0.3) is 0 Å². The van der Waals surface area contributed by atoms with Crippen molar-refractivity contribution in [2.75, 3.05) is 5.32 Å². The number of carbonyl (C=O) groups is 1. The summed E-state index contributed by atoms with van der Waals surface area (Å²) in [6, 6.07) is 9.32. The molecule has 0 fully saturated rings. The Kier molecular flexibility index (Phi) is 3.99. The molecule has 5 heteroatoms. The Morgan fingerprint density at radius 3 is 2.89 bits per heavy atom. The van der Waals surface area contributed by atoms with E-state index < -0.39 is 0 Å². The summed E-state index contributed by atoms with van der Waals surface area (Å²) in [7, 11) is 0. The van der Waals surface area contributed by atoms with Crippen LogP contribution in [-0.4, -0.2) is 16.1 Å². The number of aryl methyl sites for hydroxylation is 2. The van der Waals surface area contributed by atoms with Crippen LogP contribution in [0, 0.1) is 6.92 Å². The zero-order valence-electron chi connectivity index (χ0n) is 10.0. The van der Waals surface area contributed by atoms with Gasteiger partial charge in [-0.3, -0.25) is 9.89 Å². The minimum absolute atomic E-state index is 0.0681. The lowest BCUT2D eigenvalue weighted by molar-refractivity contribution is -0.116. The highest BCUT2D eigenvalue weighted by Crippen LogP contribution is 2.16. The molecule has 94 valence electrons. The summed E-state index contributed by atoms with van der Waals surface area (Å²) in [5.74, 6) is 0.484. The summed E-state index contributed by atoms with van der Waals surface area (Å²) in [5, 5.41) is 10.1. The second-order valence-corrected chi connectivity index (χ2v) is 4.48. The van der Waals surface area contributed by atoms with Crippen LogP contribution in [0.15, 0.2) is 30.3 Å². The van der Waals surface area contributed by atoms with Gasteiger partial charge in [0.2, 0.25) is 5.91 Å². The molecule has 18 heavy (non-hydrogen) atoms.